The molecule has 0 atom stereocenters. The lowest BCUT2D eigenvalue weighted by molar-refractivity contribution is 0.276. The molecule has 0 amide bonds. The van der Waals surface area contributed by atoms with Crippen LogP contribution in [0.5, 0.6) is 0 Å². The van der Waals surface area contributed by atoms with Crippen LogP contribution in [0.2, 0.25) is 0 Å². The summed E-state index contributed by atoms with van der Waals surface area (Å²) in [6.45, 7) is 9.50. The van der Waals surface area contributed by atoms with Crippen LogP contribution in [0.25, 0.3) is 0 Å². The largest absolute Gasteiger partial charge is 0.0645 e. The lowest BCUT2D eigenvalue weighted by Gasteiger charge is -2.45. The molecule has 1 heteroatoms. The molecule has 0 aliphatic heterocycles. The summed E-state index contributed by atoms with van der Waals surface area (Å²) in [6.07, 6.45) is 5.21. The topological polar surface area (TPSA) is 0 Å². The normalized spacial score (nSPS) is 21.0. The van der Waals surface area contributed by atoms with Crippen molar-refractivity contribution >= 4 is 22.6 Å². The minimum atomic E-state index is 0.355. The Kier molecular flexibility index (Phi) is 3.59. The van der Waals surface area contributed by atoms with E-state index in [2.05, 4.69) is 68.5 Å². The highest BCUT2D eigenvalue weighted by Crippen LogP contribution is 2.49. The molecule has 0 N–H and O–H groups in total. The number of hydrogen-bond donors (Lipinski definition) is 0. The molecule has 0 heterocycles. The van der Waals surface area contributed by atoms with Gasteiger partial charge in [-0.15, -0.1) is 0 Å². The Bertz CT molecular complexity index is 414. The Morgan fingerprint density at radius 2 is 1.71 bits per heavy atom. The predicted molar refractivity (Wildman–Crippen MR) is 83.7 cm³/mol. The Morgan fingerprint density at radius 1 is 1.06 bits per heavy atom. The van der Waals surface area contributed by atoms with Crippen molar-refractivity contribution in [3.63, 3.8) is 0 Å². The second-order valence-corrected chi connectivity index (χ2v) is 7.31. The molecular formula is C16H23I. The van der Waals surface area contributed by atoms with Crippen molar-refractivity contribution < 1.29 is 0 Å². The molecule has 1 aromatic carbocycles. The molecule has 17 heavy (non-hydrogen) atoms. The van der Waals surface area contributed by atoms with Crippen LogP contribution in [0, 0.1) is 3.57 Å². The molecule has 94 valence electrons. The van der Waals surface area contributed by atoms with Crippen LogP contribution in [0.15, 0.2) is 18.2 Å². The Morgan fingerprint density at radius 3 is 2.29 bits per heavy atom. The van der Waals surface area contributed by atoms with E-state index < -0.39 is 0 Å². The highest BCUT2D eigenvalue weighted by Gasteiger charge is 2.40. The van der Waals surface area contributed by atoms with Crippen LogP contribution in [-0.2, 0) is 10.8 Å². The summed E-state index contributed by atoms with van der Waals surface area (Å²) in [5, 5.41) is 0. The van der Waals surface area contributed by atoms with Gasteiger partial charge in [0.05, 0.1) is 0 Å². The minimum absolute atomic E-state index is 0.355. The predicted octanol–water partition coefficient (Wildman–Crippen LogP) is 5.42. The lowest BCUT2D eigenvalue weighted by Crippen LogP contribution is -2.37. The summed E-state index contributed by atoms with van der Waals surface area (Å²) >= 11 is 2.45. The van der Waals surface area contributed by atoms with Gasteiger partial charge in [-0.05, 0) is 82.4 Å². The van der Waals surface area contributed by atoms with Gasteiger partial charge < -0.3 is 0 Å². The minimum Gasteiger partial charge on any atom is -0.0645 e. The van der Waals surface area contributed by atoms with Gasteiger partial charge in [-0.2, -0.15) is 0 Å². The van der Waals surface area contributed by atoms with Gasteiger partial charge in [0.2, 0.25) is 0 Å². The zero-order valence-electron chi connectivity index (χ0n) is 11.4. The zero-order valence-corrected chi connectivity index (χ0v) is 13.6. The third-order valence-electron chi connectivity index (χ3n) is 4.86. The molecule has 0 saturated carbocycles. The average molecular weight is 342 g/mol. The van der Waals surface area contributed by atoms with Gasteiger partial charge in [0, 0.05) is 3.57 Å². The highest BCUT2D eigenvalue weighted by atomic mass is 127. The molecule has 1 aliphatic rings. The van der Waals surface area contributed by atoms with Gasteiger partial charge in [0.1, 0.15) is 0 Å². The quantitative estimate of drug-likeness (QED) is 0.630. The molecule has 1 aromatic rings. The summed E-state index contributed by atoms with van der Waals surface area (Å²) in [5.74, 6) is 0. The maximum atomic E-state index is 2.45. The number of benzene rings is 1. The van der Waals surface area contributed by atoms with E-state index in [1.165, 1.54) is 29.3 Å². The average Bonchev–Trinajstić information content (AvgIpc) is 2.30. The molecule has 2 rings (SSSR count). The maximum absolute atomic E-state index is 2.45. The smallest absolute Gasteiger partial charge is 0.0133 e. The van der Waals surface area contributed by atoms with Crippen molar-refractivity contribution in [2.24, 2.45) is 0 Å². The van der Waals surface area contributed by atoms with Gasteiger partial charge in [0.25, 0.3) is 0 Å². The van der Waals surface area contributed by atoms with Crippen molar-refractivity contribution in [3.05, 3.63) is 32.9 Å². The monoisotopic (exact) mass is 342 g/mol. The van der Waals surface area contributed by atoms with E-state index in [1.807, 2.05) is 0 Å². The zero-order chi connectivity index (χ0) is 12.7. The first kappa shape index (κ1) is 13.4. The summed E-state index contributed by atoms with van der Waals surface area (Å²) in [7, 11) is 0. The molecule has 0 radical (unpaired) electrons. The Hall–Kier alpha value is -0.0500. The van der Waals surface area contributed by atoms with Crippen LogP contribution >= 0.6 is 22.6 Å². The second kappa shape index (κ2) is 4.56. The third kappa shape index (κ3) is 2.16. The fourth-order valence-corrected chi connectivity index (χ4v) is 3.84. The number of hydrogen-bond acceptors (Lipinski definition) is 0. The molecule has 0 nitrogen and oxygen atoms in total. The van der Waals surface area contributed by atoms with E-state index in [1.54, 1.807) is 11.1 Å². The van der Waals surface area contributed by atoms with Crippen LogP contribution in [0.4, 0.5) is 0 Å². The van der Waals surface area contributed by atoms with Crippen molar-refractivity contribution in [2.75, 3.05) is 0 Å². The summed E-state index contributed by atoms with van der Waals surface area (Å²) < 4.78 is 1.38. The van der Waals surface area contributed by atoms with Crippen LogP contribution < -0.4 is 0 Å². The van der Waals surface area contributed by atoms with Crippen LogP contribution in [0.1, 0.15) is 64.5 Å². The van der Waals surface area contributed by atoms with Gasteiger partial charge in [-0.3, -0.25) is 0 Å². The fourth-order valence-electron chi connectivity index (χ4n) is 3.35. The number of rotatable bonds is 2. The molecule has 0 bridgehead atoms. The first-order valence-electron chi connectivity index (χ1n) is 6.76. The first-order valence-corrected chi connectivity index (χ1v) is 7.83. The molecule has 0 fully saturated rings. The SMILES string of the molecule is CCC1(CC)CCC(C)(C)c2ccc(I)cc21. The standard InChI is InChI=1S/C16H23I/c1-5-16(6-2)10-9-15(3,4)13-8-7-12(17)11-14(13)16/h7-8,11H,5-6,9-10H2,1-4H3. The fraction of sp³-hybridized carbons (Fsp3) is 0.625. The lowest BCUT2D eigenvalue weighted by atomic mass is 9.60. The summed E-state index contributed by atoms with van der Waals surface area (Å²) in [5.41, 5.74) is 4.01. The highest BCUT2D eigenvalue weighted by molar-refractivity contribution is 14.1. The molecular weight excluding hydrogens is 319 g/mol. The van der Waals surface area contributed by atoms with Gasteiger partial charge >= 0.3 is 0 Å². The van der Waals surface area contributed by atoms with E-state index in [0.29, 0.717) is 10.8 Å². The third-order valence-corrected chi connectivity index (χ3v) is 5.54. The number of fused-ring (bicyclic) bond motifs is 1. The second-order valence-electron chi connectivity index (χ2n) is 6.06. The van der Waals surface area contributed by atoms with Gasteiger partial charge in [-0.1, -0.05) is 33.8 Å². The van der Waals surface area contributed by atoms with E-state index in [4.69, 9.17) is 0 Å². The maximum Gasteiger partial charge on any atom is 0.0133 e. The Balaban J connectivity index is 2.64. The molecule has 1 aliphatic carbocycles. The van der Waals surface area contributed by atoms with Crippen molar-refractivity contribution in [2.45, 2.75) is 64.2 Å². The van der Waals surface area contributed by atoms with E-state index in [-0.39, 0.29) is 0 Å². The van der Waals surface area contributed by atoms with Crippen molar-refractivity contribution in [1.82, 2.24) is 0 Å². The molecule has 0 unspecified atom stereocenters. The first-order chi connectivity index (χ1) is 7.95. The van der Waals surface area contributed by atoms with E-state index in [9.17, 15) is 0 Å². The summed E-state index contributed by atoms with van der Waals surface area (Å²) in [4.78, 5) is 0. The molecule has 0 aromatic heterocycles. The molecule has 0 saturated heterocycles. The number of halogens is 1. The van der Waals surface area contributed by atoms with Crippen LogP contribution in [-0.4, -0.2) is 0 Å². The van der Waals surface area contributed by atoms with E-state index in [0.717, 1.165) is 0 Å². The van der Waals surface area contributed by atoms with Crippen LogP contribution in [0.3, 0.4) is 0 Å². The Labute approximate surface area is 119 Å². The van der Waals surface area contributed by atoms with Gasteiger partial charge in [-0.25, -0.2) is 0 Å². The van der Waals surface area contributed by atoms with Crippen molar-refractivity contribution in [3.8, 4) is 0 Å². The molecule has 0 spiro atoms. The van der Waals surface area contributed by atoms with E-state index >= 15 is 0 Å². The van der Waals surface area contributed by atoms with Gasteiger partial charge in [0.15, 0.2) is 0 Å². The summed E-state index contributed by atoms with van der Waals surface area (Å²) in [6, 6.07) is 7.07. The van der Waals surface area contributed by atoms with Crippen molar-refractivity contribution in [1.29, 1.82) is 0 Å².